The Morgan fingerprint density at radius 1 is 1.42 bits per heavy atom. The highest BCUT2D eigenvalue weighted by molar-refractivity contribution is 6.31. The Morgan fingerprint density at radius 3 is 2.79 bits per heavy atom. The average Bonchev–Trinajstić information content (AvgIpc) is 2.91. The number of aryl methyl sites for hydroxylation is 3. The highest BCUT2D eigenvalue weighted by Crippen LogP contribution is 2.20. The molecular weight excluding hydrogens is 266 g/mol. The summed E-state index contributed by atoms with van der Waals surface area (Å²) in [6, 6.07) is 0. The molecule has 0 fully saturated rings. The maximum Gasteiger partial charge on any atom is 0.227 e. The lowest BCUT2D eigenvalue weighted by Crippen LogP contribution is -2.19. The van der Waals surface area contributed by atoms with Gasteiger partial charge < -0.3 is 9.84 Å². The molecule has 0 saturated heterocycles. The third kappa shape index (κ3) is 3.33. The number of hydrogen-bond donors (Lipinski definition) is 1. The lowest BCUT2D eigenvalue weighted by molar-refractivity contribution is 0.372. The fourth-order valence-corrected chi connectivity index (χ4v) is 2.22. The topological polar surface area (TPSA) is 68.8 Å². The fourth-order valence-electron chi connectivity index (χ4n) is 1.86. The minimum absolute atomic E-state index is 0.648. The van der Waals surface area contributed by atoms with Crippen molar-refractivity contribution in [2.45, 2.75) is 33.2 Å². The minimum Gasteiger partial charge on any atom is -0.339 e. The van der Waals surface area contributed by atoms with Crippen molar-refractivity contribution in [3.8, 4) is 0 Å². The predicted octanol–water partition coefficient (Wildman–Crippen LogP) is 1.66. The number of hydrogen-bond acceptors (Lipinski definition) is 5. The van der Waals surface area contributed by atoms with Gasteiger partial charge in [-0.1, -0.05) is 23.7 Å². The third-order valence-corrected chi connectivity index (χ3v) is 3.32. The van der Waals surface area contributed by atoms with Crippen molar-refractivity contribution >= 4 is 11.6 Å². The first kappa shape index (κ1) is 14.0. The molecule has 2 aromatic rings. The summed E-state index contributed by atoms with van der Waals surface area (Å²) in [5.74, 6) is 1.31. The van der Waals surface area contributed by atoms with E-state index in [-0.39, 0.29) is 0 Å². The van der Waals surface area contributed by atoms with Crippen LogP contribution in [0.4, 0.5) is 0 Å². The van der Waals surface area contributed by atoms with E-state index in [9.17, 15) is 0 Å². The molecule has 0 radical (unpaired) electrons. The maximum absolute atomic E-state index is 6.26. The number of aromatic nitrogens is 4. The molecule has 19 heavy (non-hydrogen) atoms. The molecule has 0 aromatic carbocycles. The van der Waals surface area contributed by atoms with Crippen LogP contribution in [0.2, 0.25) is 5.02 Å². The zero-order valence-electron chi connectivity index (χ0n) is 11.4. The molecule has 0 atom stereocenters. The number of nitrogens with zero attached hydrogens (tertiary/aromatic N) is 4. The van der Waals surface area contributed by atoms with E-state index in [2.05, 4.69) is 20.6 Å². The fraction of sp³-hybridized carbons (Fsp3) is 0.583. The number of nitrogens with one attached hydrogen (secondary N) is 1. The maximum atomic E-state index is 6.26. The number of halogens is 1. The van der Waals surface area contributed by atoms with Gasteiger partial charge in [-0.3, -0.25) is 4.68 Å². The molecule has 2 heterocycles. The quantitative estimate of drug-likeness (QED) is 0.817. The second-order valence-electron chi connectivity index (χ2n) is 4.35. The van der Waals surface area contributed by atoms with Crippen molar-refractivity contribution in [2.24, 2.45) is 7.05 Å². The lowest BCUT2D eigenvalue weighted by Gasteiger charge is -2.04. The van der Waals surface area contributed by atoms with E-state index >= 15 is 0 Å². The molecule has 0 bridgehead atoms. The molecule has 2 rings (SSSR count). The highest BCUT2D eigenvalue weighted by Gasteiger charge is 2.12. The lowest BCUT2D eigenvalue weighted by atomic mass is 10.3. The summed E-state index contributed by atoms with van der Waals surface area (Å²) in [6.45, 7) is 5.28. The van der Waals surface area contributed by atoms with Gasteiger partial charge in [-0.25, -0.2) is 0 Å². The van der Waals surface area contributed by atoms with Gasteiger partial charge in [-0.2, -0.15) is 10.1 Å². The van der Waals surface area contributed by atoms with Crippen molar-refractivity contribution < 1.29 is 4.52 Å². The van der Waals surface area contributed by atoms with Crippen LogP contribution >= 0.6 is 11.6 Å². The Morgan fingerprint density at radius 2 is 2.21 bits per heavy atom. The van der Waals surface area contributed by atoms with Gasteiger partial charge in [-0.15, -0.1) is 0 Å². The first-order chi connectivity index (χ1) is 9.11. The van der Waals surface area contributed by atoms with E-state index in [1.54, 1.807) is 0 Å². The van der Waals surface area contributed by atoms with Gasteiger partial charge in [0.15, 0.2) is 5.82 Å². The van der Waals surface area contributed by atoms with Crippen LogP contribution in [0.15, 0.2) is 4.52 Å². The van der Waals surface area contributed by atoms with Crippen molar-refractivity contribution in [3.05, 3.63) is 28.1 Å². The van der Waals surface area contributed by atoms with Crippen molar-refractivity contribution in [2.75, 3.05) is 6.54 Å². The zero-order chi connectivity index (χ0) is 13.8. The van der Waals surface area contributed by atoms with Crippen LogP contribution < -0.4 is 5.32 Å². The van der Waals surface area contributed by atoms with E-state index in [4.69, 9.17) is 16.1 Å². The molecular formula is C12H18ClN5O. The van der Waals surface area contributed by atoms with Crippen LogP contribution in [0.3, 0.4) is 0 Å². The Bertz CT molecular complexity index is 548. The van der Waals surface area contributed by atoms with Crippen LogP contribution in [0.25, 0.3) is 0 Å². The van der Waals surface area contributed by atoms with Crippen molar-refractivity contribution in [1.29, 1.82) is 0 Å². The summed E-state index contributed by atoms with van der Waals surface area (Å²) >= 11 is 6.26. The van der Waals surface area contributed by atoms with E-state index in [1.165, 1.54) is 0 Å². The van der Waals surface area contributed by atoms with Gasteiger partial charge in [0.25, 0.3) is 0 Å². The summed E-state index contributed by atoms with van der Waals surface area (Å²) in [6.07, 6.45) is 1.55. The number of rotatable bonds is 6. The summed E-state index contributed by atoms with van der Waals surface area (Å²) in [4.78, 5) is 4.15. The predicted molar refractivity (Wildman–Crippen MR) is 72.0 cm³/mol. The molecule has 7 heteroatoms. The molecule has 6 nitrogen and oxygen atoms in total. The largest absolute Gasteiger partial charge is 0.339 e. The zero-order valence-corrected chi connectivity index (χ0v) is 12.2. The Labute approximate surface area is 117 Å². The van der Waals surface area contributed by atoms with E-state index in [0.717, 1.165) is 29.4 Å². The molecule has 0 saturated carbocycles. The highest BCUT2D eigenvalue weighted by atomic mass is 35.5. The second kappa shape index (κ2) is 6.16. The summed E-state index contributed by atoms with van der Waals surface area (Å²) in [5, 5.41) is 12.2. The molecule has 0 aliphatic heterocycles. The Balaban J connectivity index is 1.84. The Hall–Kier alpha value is -1.40. The molecule has 2 aromatic heterocycles. The molecule has 0 unspecified atom stereocenters. The second-order valence-corrected chi connectivity index (χ2v) is 4.72. The van der Waals surface area contributed by atoms with Gasteiger partial charge in [0.1, 0.15) is 0 Å². The van der Waals surface area contributed by atoms with Gasteiger partial charge in [0.2, 0.25) is 5.89 Å². The molecule has 0 aliphatic rings. The van der Waals surface area contributed by atoms with Gasteiger partial charge in [0, 0.05) is 26.6 Å². The Kier molecular flexibility index (Phi) is 4.55. The van der Waals surface area contributed by atoms with Crippen LogP contribution in [0.5, 0.6) is 0 Å². The molecule has 0 aliphatic carbocycles. The monoisotopic (exact) mass is 283 g/mol. The van der Waals surface area contributed by atoms with E-state index in [0.29, 0.717) is 24.7 Å². The SMILES string of the molecule is CCc1nn(C)c(CNCCc2nc(C)no2)c1Cl. The summed E-state index contributed by atoms with van der Waals surface area (Å²) < 4.78 is 6.87. The smallest absolute Gasteiger partial charge is 0.227 e. The third-order valence-electron chi connectivity index (χ3n) is 2.88. The van der Waals surface area contributed by atoms with E-state index in [1.807, 2.05) is 25.6 Å². The van der Waals surface area contributed by atoms with Crippen LogP contribution in [-0.4, -0.2) is 26.5 Å². The molecule has 0 spiro atoms. The molecule has 0 amide bonds. The average molecular weight is 284 g/mol. The summed E-state index contributed by atoms with van der Waals surface area (Å²) in [5.41, 5.74) is 1.94. The first-order valence-electron chi connectivity index (χ1n) is 6.32. The first-order valence-corrected chi connectivity index (χ1v) is 6.69. The van der Waals surface area contributed by atoms with Gasteiger partial charge in [-0.05, 0) is 13.3 Å². The standard InChI is InChI=1S/C12H18ClN5O/c1-4-9-12(13)10(18(3)16-9)7-14-6-5-11-15-8(2)17-19-11/h14H,4-7H2,1-3H3. The minimum atomic E-state index is 0.648. The van der Waals surface area contributed by atoms with Gasteiger partial charge in [0.05, 0.1) is 16.4 Å². The van der Waals surface area contributed by atoms with Crippen molar-refractivity contribution in [1.82, 2.24) is 25.2 Å². The van der Waals surface area contributed by atoms with E-state index < -0.39 is 0 Å². The molecule has 104 valence electrons. The van der Waals surface area contributed by atoms with Crippen LogP contribution in [0, 0.1) is 6.92 Å². The summed E-state index contributed by atoms with van der Waals surface area (Å²) in [7, 11) is 1.91. The molecule has 1 N–H and O–H groups in total. The van der Waals surface area contributed by atoms with Crippen LogP contribution in [0.1, 0.15) is 30.0 Å². The normalized spacial score (nSPS) is 11.2. The van der Waals surface area contributed by atoms with Gasteiger partial charge >= 0.3 is 0 Å². The van der Waals surface area contributed by atoms with Crippen molar-refractivity contribution in [3.63, 3.8) is 0 Å². The van der Waals surface area contributed by atoms with Crippen LogP contribution in [-0.2, 0) is 26.4 Å².